The van der Waals surface area contributed by atoms with Crippen LogP contribution in [0.15, 0.2) is 121 Å². The smallest absolute Gasteiger partial charge is 0.379 e. The summed E-state index contributed by atoms with van der Waals surface area (Å²) in [6.45, 7) is 13.7. The van der Waals surface area contributed by atoms with Crippen molar-refractivity contribution >= 4 is 48.0 Å². The molecular formula is C52H58Cl2F6N6O4. The number of rotatable bonds is 14. The molecule has 0 saturated carbocycles. The molecule has 0 bridgehead atoms. The monoisotopic (exact) mass is 1010 g/mol. The van der Waals surface area contributed by atoms with Gasteiger partial charge in [-0.3, -0.25) is 19.4 Å². The Morgan fingerprint density at radius 1 is 0.500 bits per heavy atom. The summed E-state index contributed by atoms with van der Waals surface area (Å²) in [5.74, 6) is -0.859. The second kappa shape index (κ2) is 25.5. The first-order valence-corrected chi connectivity index (χ1v) is 22.7. The van der Waals surface area contributed by atoms with Crippen LogP contribution < -0.4 is 10.6 Å². The zero-order chi connectivity index (χ0) is 48.3. The fourth-order valence-corrected chi connectivity index (χ4v) is 8.52. The second-order valence-corrected chi connectivity index (χ2v) is 16.8. The van der Waals surface area contributed by atoms with Crippen molar-refractivity contribution in [2.45, 2.75) is 52.1 Å². The third kappa shape index (κ3) is 14.7. The van der Waals surface area contributed by atoms with Crippen LogP contribution in [0.1, 0.15) is 56.1 Å². The summed E-state index contributed by atoms with van der Waals surface area (Å²) < 4.78 is 93.4. The van der Waals surface area contributed by atoms with Gasteiger partial charge in [0.25, 0.3) is 11.8 Å². The number of nitrogens with zero attached hydrogens (tertiary/aromatic N) is 4. The minimum Gasteiger partial charge on any atom is -0.379 e. The number of anilines is 2. The highest BCUT2D eigenvalue weighted by atomic mass is 35.5. The number of nitrogens with one attached hydrogen (secondary N) is 2. The predicted octanol–water partition coefficient (Wildman–Crippen LogP) is 11.8. The third-order valence-electron chi connectivity index (χ3n) is 12.2. The Bertz CT molecular complexity index is 2430. The first-order valence-electron chi connectivity index (χ1n) is 22.7. The zero-order valence-electron chi connectivity index (χ0n) is 39.0. The molecule has 2 fully saturated rings. The number of carbonyl (C=O) groups excluding carboxylic acids is 2. The molecule has 6 aromatic rings. The highest BCUT2D eigenvalue weighted by Gasteiger charge is 2.32. The summed E-state index contributed by atoms with van der Waals surface area (Å²) in [6, 6.07) is 32.6. The number of morpholine rings is 2. The van der Waals surface area contributed by atoms with Gasteiger partial charge in [-0.05, 0) is 86.3 Å². The quantitative estimate of drug-likeness (QED) is 0.106. The van der Waals surface area contributed by atoms with E-state index in [0.29, 0.717) is 11.1 Å². The average Bonchev–Trinajstić information content (AvgIpc) is 3.85. The first-order chi connectivity index (χ1) is 32.7. The van der Waals surface area contributed by atoms with Gasteiger partial charge >= 0.3 is 12.4 Å². The van der Waals surface area contributed by atoms with Crippen molar-refractivity contribution in [2.24, 2.45) is 0 Å². The van der Waals surface area contributed by atoms with Gasteiger partial charge in [0.2, 0.25) is 0 Å². The molecule has 2 amide bonds. The Hall–Kier alpha value is -5.62. The van der Waals surface area contributed by atoms with Crippen molar-refractivity contribution < 1.29 is 45.4 Å². The number of carbonyl (C=O) groups is 2. The number of hydrogen-bond donors (Lipinski definition) is 2. The predicted molar refractivity (Wildman–Crippen MR) is 266 cm³/mol. The minimum absolute atomic E-state index is 0. The number of halogens is 8. The SMILES string of the molecule is Cc1c(C(=O)Nc2cccc(C(F)(F)F)c2)cc(-c2ccccc2)n1CCCN1CCOCC1.Cc1c(C(=O)Nc2cccc(C(F)(F)F)c2)cc(-c2ccccc2)n1CCCN1CCOCC1.Cl.Cl. The Morgan fingerprint density at radius 2 is 0.857 bits per heavy atom. The first kappa shape index (κ1) is 55.3. The lowest BCUT2D eigenvalue weighted by atomic mass is 10.1. The van der Waals surface area contributed by atoms with E-state index in [4.69, 9.17) is 9.47 Å². The summed E-state index contributed by atoms with van der Waals surface area (Å²) in [6.07, 6.45) is -7.13. The van der Waals surface area contributed by atoms with Crippen molar-refractivity contribution in [3.63, 3.8) is 0 Å². The number of amides is 2. The number of alkyl halides is 6. The van der Waals surface area contributed by atoms with Crippen molar-refractivity contribution in [3.05, 3.63) is 155 Å². The largest absolute Gasteiger partial charge is 0.416 e. The molecule has 8 rings (SSSR count). The van der Waals surface area contributed by atoms with E-state index in [2.05, 4.69) is 29.6 Å². The molecule has 0 atom stereocenters. The maximum Gasteiger partial charge on any atom is 0.416 e. The van der Waals surface area contributed by atoms with E-state index in [0.717, 1.165) is 150 Å². The van der Waals surface area contributed by atoms with E-state index in [1.54, 1.807) is 0 Å². The van der Waals surface area contributed by atoms with Gasteiger partial charge < -0.3 is 29.2 Å². The molecule has 2 N–H and O–H groups in total. The van der Waals surface area contributed by atoms with Gasteiger partial charge in [0.15, 0.2) is 0 Å². The lowest BCUT2D eigenvalue weighted by Gasteiger charge is -2.26. The van der Waals surface area contributed by atoms with Crippen molar-refractivity contribution in [1.82, 2.24) is 18.9 Å². The Kier molecular flexibility index (Phi) is 20.1. The van der Waals surface area contributed by atoms with Crippen molar-refractivity contribution in [2.75, 3.05) is 76.3 Å². The number of hydrogen-bond acceptors (Lipinski definition) is 6. The van der Waals surface area contributed by atoms with Gasteiger partial charge in [0.05, 0.1) is 48.7 Å². The van der Waals surface area contributed by atoms with E-state index < -0.39 is 35.3 Å². The van der Waals surface area contributed by atoms with Crippen LogP contribution in [0.5, 0.6) is 0 Å². The van der Waals surface area contributed by atoms with Gasteiger partial charge in [-0.25, -0.2) is 0 Å². The van der Waals surface area contributed by atoms with Crippen molar-refractivity contribution in [1.29, 1.82) is 0 Å². The highest BCUT2D eigenvalue weighted by molar-refractivity contribution is 6.07. The van der Waals surface area contributed by atoms with E-state index >= 15 is 0 Å². The molecule has 10 nitrogen and oxygen atoms in total. The van der Waals surface area contributed by atoms with E-state index in [9.17, 15) is 35.9 Å². The van der Waals surface area contributed by atoms with Crippen LogP contribution in [0, 0.1) is 13.8 Å². The molecule has 4 heterocycles. The Balaban J connectivity index is 0.000000254. The van der Waals surface area contributed by atoms with Crippen LogP contribution in [-0.2, 0) is 34.9 Å². The standard InChI is InChI=1S/2C26H28F3N3O2.2ClH/c2*1-19-23(25(33)30-22-10-5-9-21(17-22)26(27,28)29)18-24(20-7-3-2-4-8-20)32(19)12-6-11-31-13-15-34-16-14-31;;/h2*2-5,7-10,17-18H,6,11-16H2,1H3,(H,30,33);2*1H. The summed E-state index contributed by atoms with van der Waals surface area (Å²) >= 11 is 0. The molecule has 0 spiro atoms. The molecule has 0 radical (unpaired) electrons. The van der Waals surface area contributed by atoms with E-state index in [1.165, 1.54) is 24.3 Å². The minimum atomic E-state index is -4.47. The molecule has 2 saturated heterocycles. The molecule has 4 aromatic carbocycles. The van der Waals surface area contributed by atoms with Gasteiger partial charge in [-0.15, -0.1) is 24.8 Å². The van der Waals surface area contributed by atoms with E-state index in [-0.39, 0.29) is 36.2 Å². The van der Waals surface area contributed by atoms with E-state index in [1.807, 2.05) is 86.6 Å². The molecule has 2 aromatic heterocycles. The van der Waals surface area contributed by atoms with Gasteiger partial charge in [-0.2, -0.15) is 26.3 Å². The fourth-order valence-electron chi connectivity index (χ4n) is 8.52. The topological polar surface area (TPSA) is 93.0 Å². The lowest BCUT2D eigenvalue weighted by Crippen LogP contribution is -2.37. The second-order valence-electron chi connectivity index (χ2n) is 16.8. The van der Waals surface area contributed by atoms with Crippen LogP contribution in [-0.4, -0.2) is 96.4 Å². The van der Waals surface area contributed by atoms with Crippen LogP contribution in [0.4, 0.5) is 37.7 Å². The van der Waals surface area contributed by atoms with Crippen LogP contribution in [0.3, 0.4) is 0 Å². The fraction of sp³-hybridized carbons (Fsp3) is 0.346. The Morgan fingerprint density at radius 3 is 1.20 bits per heavy atom. The molecule has 70 heavy (non-hydrogen) atoms. The molecule has 2 aliphatic heterocycles. The third-order valence-corrected chi connectivity index (χ3v) is 12.2. The van der Waals surface area contributed by atoms with Crippen molar-refractivity contribution in [3.8, 4) is 22.5 Å². The maximum absolute atomic E-state index is 13.1. The Labute approximate surface area is 416 Å². The molecule has 376 valence electrons. The summed E-state index contributed by atoms with van der Waals surface area (Å²) in [5, 5.41) is 5.27. The summed E-state index contributed by atoms with van der Waals surface area (Å²) in [4.78, 5) is 30.9. The maximum atomic E-state index is 13.1. The molecule has 0 unspecified atom stereocenters. The van der Waals surface area contributed by atoms with Gasteiger partial charge in [-0.1, -0.05) is 72.8 Å². The lowest BCUT2D eigenvalue weighted by molar-refractivity contribution is -0.138. The van der Waals surface area contributed by atoms with Crippen LogP contribution in [0.25, 0.3) is 22.5 Å². The molecule has 2 aliphatic rings. The number of ether oxygens (including phenoxy) is 2. The summed E-state index contributed by atoms with van der Waals surface area (Å²) in [7, 11) is 0. The zero-order valence-corrected chi connectivity index (χ0v) is 40.6. The van der Waals surface area contributed by atoms with Gasteiger partial charge in [0.1, 0.15) is 0 Å². The highest BCUT2D eigenvalue weighted by Crippen LogP contribution is 2.33. The average molecular weight is 1020 g/mol. The normalized spacial score (nSPS) is 14.4. The molecule has 0 aliphatic carbocycles. The number of aromatic nitrogens is 2. The van der Waals surface area contributed by atoms with Crippen LogP contribution >= 0.6 is 24.8 Å². The van der Waals surface area contributed by atoms with Crippen LogP contribution in [0.2, 0.25) is 0 Å². The molecular weight excluding hydrogens is 958 g/mol. The molecule has 18 heteroatoms. The van der Waals surface area contributed by atoms with Gasteiger partial charge in [0, 0.05) is 86.5 Å². The number of benzene rings is 4. The summed E-state index contributed by atoms with van der Waals surface area (Å²) in [5.41, 5.74) is 4.87.